The van der Waals surface area contributed by atoms with Gasteiger partial charge in [0, 0.05) is 11.1 Å². The molecule has 1 N–H and O–H groups in total. The van der Waals surface area contributed by atoms with Crippen LogP contribution in [0.2, 0.25) is 0 Å². The SMILES string of the molecule is O=C(NC1(c2cccc(Br)c2)CC1)[C@@H]1CCOC1. The monoisotopic (exact) mass is 309 g/mol. The average molecular weight is 310 g/mol. The van der Waals surface area contributed by atoms with Crippen LogP contribution in [0.3, 0.4) is 0 Å². The van der Waals surface area contributed by atoms with Gasteiger partial charge in [-0.05, 0) is 37.0 Å². The van der Waals surface area contributed by atoms with E-state index in [1.807, 2.05) is 12.1 Å². The minimum Gasteiger partial charge on any atom is -0.381 e. The van der Waals surface area contributed by atoms with Crippen LogP contribution >= 0.6 is 15.9 Å². The zero-order chi connectivity index (χ0) is 12.6. The van der Waals surface area contributed by atoms with Crippen molar-refractivity contribution in [2.45, 2.75) is 24.8 Å². The smallest absolute Gasteiger partial charge is 0.226 e. The Bertz CT molecular complexity index is 465. The van der Waals surface area contributed by atoms with Gasteiger partial charge in [-0.25, -0.2) is 0 Å². The molecule has 0 spiro atoms. The lowest BCUT2D eigenvalue weighted by Gasteiger charge is -2.20. The van der Waals surface area contributed by atoms with Crippen LogP contribution in [0.15, 0.2) is 28.7 Å². The maximum atomic E-state index is 12.2. The van der Waals surface area contributed by atoms with E-state index in [9.17, 15) is 4.79 Å². The second kappa shape index (κ2) is 4.67. The summed E-state index contributed by atoms with van der Waals surface area (Å²) < 4.78 is 6.33. The van der Waals surface area contributed by atoms with Crippen LogP contribution in [-0.4, -0.2) is 19.1 Å². The number of amides is 1. The molecule has 2 fully saturated rings. The third-order valence-electron chi connectivity index (χ3n) is 3.79. The summed E-state index contributed by atoms with van der Waals surface area (Å²) in [5, 5.41) is 3.21. The van der Waals surface area contributed by atoms with E-state index in [-0.39, 0.29) is 17.4 Å². The molecule has 0 bridgehead atoms. The first kappa shape index (κ1) is 12.2. The van der Waals surface area contributed by atoms with Gasteiger partial charge in [0.1, 0.15) is 0 Å². The van der Waals surface area contributed by atoms with Crippen molar-refractivity contribution in [2.75, 3.05) is 13.2 Å². The third kappa shape index (κ3) is 2.31. The van der Waals surface area contributed by atoms with Crippen molar-refractivity contribution in [3.63, 3.8) is 0 Å². The summed E-state index contributed by atoms with van der Waals surface area (Å²) in [6.45, 7) is 1.28. The highest BCUT2D eigenvalue weighted by molar-refractivity contribution is 9.10. The molecule has 3 nitrogen and oxygen atoms in total. The molecule has 4 heteroatoms. The number of nitrogens with one attached hydrogen (secondary N) is 1. The summed E-state index contributed by atoms with van der Waals surface area (Å²) in [7, 11) is 0. The Kier molecular flexibility index (Phi) is 3.16. The van der Waals surface area contributed by atoms with Crippen LogP contribution < -0.4 is 5.32 Å². The molecule has 1 aliphatic carbocycles. The maximum Gasteiger partial charge on any atom is 0.226 e. The third-order valence-corrected chi connectivity index (χ3v) is 4.28. The summed E-state index contributed by atoms with van der Waals surface area (Å²) in [4.78, 5) is 12.2. The molecule has 0 aromatic heterocycles. The normalized spacial score (nSPS) is 24.8. The van der Waals surface area contributed by atoms with Gasteiger partial charge in [0.25, 0.3) is 0 Å². The molecule has 1 saturated heterocycles. The van der Waals surface area contributed by atoms with Gasteiger partial charge in [-0.1, -0.05) is 28.1 Å². The van der Waals surface area contributed by atoms with E-state index in [0.29, 0.717) is 13.2 Å². The Morgan fingerprint density at radius 2 is 2.28 bits per heavy atom. The van der Waals surface area contributed by atoms with Gasteiger partial charge in [-0.3, -0.25) is 4.79 Å². The molecule has 1 heterocycles. The summed E-state index contributed by atoms with van der Waals surface area (Å²) in [6, 6.07) is 8.21. The second-order valence-corrected chi connectivity index (χ2v) is 6.06. The van der Waals surface area contributed by atoms with Crippen molar-refractivity contribution in [3.8, 4) is 0 Å². The standard InChI is InChI=1S/C14H16BrNO2/c15-12-3-1-2-11(8-12)14(5-6-14)16-13(17)10-4-7-18-9-10/h1-3,8,10H,4-7,9H2,(H,16,17)/t10-/m1/s1. The minimum atomic E-state index is -0.122. The molecule has 96 valence electrons. The Balaban J connectivity index is 1.73. The summed E-state index contributed by atoms with van der Waals surface area (Å²) in [5.41, 5.74) is 1.08. The molecule has 1 aliphatic heterocycles. The van der Waals surface area contributed by atoms with Crippen molar-refractivity contribution < 1.29 is 9.53 Å². The summed E-state index contributed by atoms with van der Waals surface area (Å²) in [5.74, 6) is 0.180. The molecule has 3 rings (SSSR count). The topological polar surface area (TPSA) is 38.3 Å². The highest BCUT2D eigenvalue weighted by Crippen LogP contribution is 2.46. The summed E-state index contributed by atoms with van der Waals surface area (Å²) in [6.07, 6.45) is 2.91. The number of ether oxygens (including phenoxy) is 1. The van der Waals surface area contributed by atoms with Gasteiger partial charge in [-0.15, -0.1) is 0 Å². The van der Waals surface area contributed by atoms with E-state index in [1.165, 1.54) is 5.56 Å². The Morgan fingerprint density at radius 1 is 1.44 bits per heavy atom. The number of carbonyl (C=O) groups excluding carboxylic acids is 1. The van der Waals surface area contributed by atoms with Crippen LogP contribution in [0.5, 0.6) is 0 Å². The van der Waals surface area contributed by atoms with Crippen molar-refractivity contribution in [2.24, 2.45) is 5.92 Å². The molecular formula is C14H16BrNO2. The van der Waals surface area contributed by atoms with E-state index in [4.69, 9.17) is 4.74 Å². The molecule has 18 heavy (non-hydrogen) atoms. The lowest BCUT2D eigenvalue weighted by atomic mass is 10.0. The quantitative estimate of drug-likeness (QED) is 0.932. The molecule has 1 aromatic carbocycles. The number of rotatable bonds is 3. The highest BCUT2D eigenvalue weighted by atomic mass is 79.9. The Morgan fingerprint density at radius 3 is 2.89 bits per heavy atom. The predicted molar refractivity (Wildman–Crippen MR) is 72.1 cm³/mol. The number of benzene rings is 1. The lowest BCUT2D eigenvalue weighted by molar-refractivity contribution is -0.126. The van der Waals surface area contributed by atoms with E-state index >= 15 is 0 Å². The van der Waals surface area contributed by atoms with Crippen molar-refractivity contribution in [1.82, 2.24) is 5.32 Å². The van der Waals surface area contributed by atoms with Gasteiger partial charge in [0.05, 0.1) is 18.1 Å². The van der Waals surface area contributed by atoms with E-state index in [2.05, 4.69) is 33.4 Å². The fraction of sp³-hybridized carbons (Fsp3) is 0.500. The van der Waals surface area contributed by atoms with E-state index < -0.39 is 0 Å². The Hall–Kier alpha value is -0.870. The van der Waals surface area contributed by atoms with E-state index in [1.54, 1.807) is 0 Å². The van der Waals surface area contributed by atoms with Crippen LogP contribution in [0.1, 0.15) is 24.8 Å². The van der Waals surface area contributed by atoms with Crippen LogP contribution in [0, 0.1) is 5.92 Å². The molecule has 1 saturated carbocycles. The molecule has 0 unspecified atom stereocenters. The van der Waals surface area contributed by atoms with Crippen molar-refractivity contribution in [1.29, 1.82) is 0 Å². The van der Waals surface area contributed by atoms with Crippen molar-refractivity contribution in [3.05, 3.63) is 34.3 Å². The van der Waals surface area contributed by atoms with Crippen molar-refractivity contribution >= 4 is 21.8 Å². The van der Waals surface area contributed by atoms with Crippen LogP contribution in [0.4, 0.5) is 0 Å². The van der Waals surface area contributed by atoms with Crippen LogP contribution in [0.25, 0.3) is 0 Å². The molecular weight excluding hydrogens is 294 g/mol. The minimum absolute atomic E-state index is 0.0367. The number of hydrogen-bond acceptors (Lipinski definition) is 2. The predicted octanol–water partition coefficient (Wildman–Crippen LogP) is 2.59. The Labute approximate surface area is 115 Å². The molecule has 0 radical (unpaired) electrons. The van der Waals surface area contributed by atoms with Gasteiger partial charge in [-0.2, -0.15) is 0 Å². The van der Waals surface area contributed by atoms with Gasteiger partial charge >= 0.3 is 0 Å². The first-order valence-electron chi connectivity index (χ1n) is 6.35. The largest absolute Gasteiger partial charge is 0.381 e. The fourth-order valence-electron chi connectivity index (χ4n) is 2.48. The first-order chi connectivity index (χ1) is 8.70. The molecule has 1 aromatic rings. The van der Waals surface area contributed by atoms with Gasteiger partial charge in [0.15, 0.2) is 0 Å². The lowest BCUT2D eigenvalue weighted by Crippen LogP contribution is -2.39. The number of hydrogen-bond donors (Lipinski definition) is 1. The van der Waals surface area contributed by atoms with Gasteiger partial charge in [0.2, 0.25) is 5.91 Å². The number of halogens is 1. The molecule has 1 amide bonds. The zero-order valence-corrected chi connectivity index (χ0v) is 11.7. The van der Waals surface area contributed by atoms with E-state index in [0.717, 1.165) is 23.7 Å². The summed E-state index contributed by atoms with van der Waals surface area (Å²) >= 11 is 3.48. The maximum absolute atomic E-state index is 12.2. The fourth-order valence-corrected chi connectivity index (χ4v) is 2.88. The first-order valence-corrected chi connectivity index (χ1v) is 7.15. The molecule has 1 atom stereocenters. The number of carbonyl (C=O) groups is 1. The highest BCUT2D eigenvalue weighted by Gasteiger charge is 2.46. The molecule has 2 aliphatic rings. The second-order valence-electron chi connectivity index (χ2n) is 5.14. The average Bonchev–Trinajstić information content (AvgIpc) is 2.93. The van der Waals surface area contributed by atoms with Gasteiger partial charge < -0.3 is 10.1 Å². The van der Waals surface area contributed by atoms with Crippen LogP contribution in [-0.2, 0) is 15.1 Å². The zero-order valence-electron chi connectivity index (χ0n) is 10.1.